The van der Waals surface area contributed by atoms with E-state index in [-0.39, 0.29) is 28.5 Å². The van der Waals surface area contributed by atoms with Gasteiger partial charge in [0.25, 0.3) is 0 Å². The Morgan fingerprint density at radius 3 is 2.67 bits per heavy atom. The molecule has 1 saturated heterocycles. The van der Waals surface area contributed by atoms with Gasteiger partial charge < -0.3 is 14.5 Å². The Hall–Kier alpha value is -4.03. The van der Waals surface area contributed by atoms with Crippen molar-refractivity contribution in [1.29, 1.82) is 5.26 Å². The number of hydrogen-bond donors (Lipinski definition) is 0. The molecule has 0 amide bonds. The van der Waals surface area contributed by atoms with Gasteiger partial charge in [0.2, 0.25) is 11.8 Å². The van der Waals surface area contributed by atoms with Gasteiger partial charge in [-0.1, -0.05) is 19.6 Å². The van der Waals surface area contributed by atoms with Gasteiger partial charge in [0.1, 0.15) is 18.0 Å². The van der Waals surface area contributed by atoms with Crippen molar-refractivity contribution in [1.82, 2.24) is 24.3 Å². The Kier molecular flexibility index (Phi) is 7.46. The van der Waals surface area contributed by atoms with E-state index in [0.717, 1.165) is 38.4 Å². The maximum Gasteiger partial charge on any atom is 0.240 e. The predicted molar refractivity (Wildman–Crippen MR) is 135 cm³/mol. The number of aryl methyl sites for hydroxylation is 1. The number of aromatic nitrogens is 3. The summed E-state index contributed by atoms with van der Waals surface area (Å²) in [7, 11) is 0. The van der Waals surface area contributed by atoms with E-state index in [2.05, 4.69) is 39.3 Å². The second kappa shape index (κ2) is 10.7. The summed E-state index contributed by atoms with van der Waals surface area (Å²) in [5.41, 5.74) is 2.72. The van der Waals surface area contributed by atoms with Gasteiger partial charge in [0.15, 0.2) is 11.6 Å². The largest absolute Gasteiger partial charge is 0.434 e. The molecule has 1 fully saturated rings. The van der Waals surface area contributed by atoms with E-state index in [1.165, 1.54) is 23.9 Å². The second-order valence-corrected chi connectivity index (χ2v) is 8.66. The van der Waals surface area contributed by atoms with Crippen LogP contribution in [0.5, 0.6) is 11.6 Å². The van der Waals surface area contributed by atoms with Crippen molar-refractivity contribution >= 4 is 16.8 Å². The van der Waals surface area contributed by atoms with Crippen LogP contribution in [0.4, 0.5) is 4.39 Å². The summed E-state index contributed by atoms with van der Waals surface area (Å²) in [5, 5.41) is 10.2. The zero-order valence-electron chi connectivity index (χ0n) is 20.8. The highest BCUT2D eigenvalue weighted by atomic mass is 19.1. The van der Waals surface area contributed by atoms with Crippen LogP contribution < -0.4 is 4.74 Å². The fourth-order valence-electron chi connectivity index (χ4n) is 4.62. The Labute approximate surface area is 209 Å². The minimum Gasteiger partial charge on any atom is -0.434 e. The average Bonchev–Trinajstić information content (AvgIpc) is 3.22. The normalized spacial score (nSPS) is 14.6. The van der Waals surface area contributed by atoms with Crippen molar-refractivity contribution in [3.05, 3.63) is 71.7 Å². The summed E-state index contributed by atoms with van der Waals surface area (Å²) in [6.45, 7) is 13.8. The molecule has 1 aliphatic rings. The highest BCUT2D eigenvalue weighted by molar-refractivity contribution is 5.93. The molecule has 0 unspecified atom stereocenters. The molecule has 0 atom stereocenters. The van der Waals surface area contributed by atoms with Gasteiger partial charge >= 0.3 is 0 Å². The summed E-state index contributed by atoms with van der Waals surface area (Å²) >= 11 is 0. The van der Waals surface area contributed by atoms with E-state index in [9.17, 15) is 10.1 Å². The SMILES string of the molecule is C=C/C=C(\Cc1ncnc(Oc2ccc3c(cc(C)n3C(C)=O)c2F)c1C#N)N1CCN(CC)CC1. The summed E-state index contributed by atoms with van der Waals surface area (Å²) in [6, 6.07) is 6.79. The number of hydrogen-bond acceptors (Lipinski definition) is 7. The number of ether oxygens (including phenoxy) is 1. The lowest BCUT2D eigenvalue weighted by Gasteiger charge is -2.37. The fourth-order valence-corrected chi connectivity index (χ4v) is 4.62. The number of rotatable bonds is 7. The number of likely N-dealkylation sites (N-methyl/N-ethyl adjacent to an activating group) is 1. The van der Waals surface area contributed by atoms with Crippen molar-refractivity contribution < 1.29 is 13.9 Å². The van der Waals surface area contributed by atoms with Crippen LogP contribution in [0.15, 0.2) is 49.0 Å². The molecule has 0 N–H and O–H groups in total. The maximum atomic E-state index is 15.4. The molecule has 3 aromatic rings. The van der Waals surface area contributed by atoms with Crippen LogP contribution in [0.1, 0.15) is 35.6 Å². The summed E-state index contributed by atoms with van der Waals surface area (Å²) < 4.78 is 22.6. The number of allylic oxidation sites excluding steroid dienone is 3. The molecule has 2 aromatic heterocycles. The zero-order chi connectivity index (χ0) is 25.8. The molecule has 36 heavy (non-hydrogen) atoms. The third-order valence-corrected chi connectivity index (χ3v) is 6.48. The monoisotopic (exact) mass is 488 g/mol. The van der Waals surface area contributed by atoms with Gasteiger partial charge in [-0.2, -0.15) is 5.26 Å². The van der Waals surface area contributed by atoms with E-state index < -0.39 is 5.82 Å². The third-order valence-electron chi connectivity index (χ3n) is 6.48. The highest BCUT2D eigenvalue weighted by Crippen LogP contribution is 2.33. The summed E-state index contributed by atoms with van der Waals surface area (Å²) in [4.78, 5) is 25.1. The fraction of sp³-hybridized carbons (Fsp3) is 0.333. The van der Waals surface area contributed by atoms with Gasteiger partial charge in [0, 0.05) is 56.3 Å². The molecule has 186 valence electrons. The number of carbonyl (C=O) groups is 1. The summed E-state index contributed by atoms with van der Waals surface area (Å²) in [5.74, 6) is -0.929. The van der Waals surface area contributed by atoms with Crippen molar-refractivity contribution in [3.63, 3.8) is 0 Å². The minimum absolute atomic E-state index is 0.0165. The molecule has 0 radical (unpaired) electrons. The Morgan fingerprint density at radius 2 is 2.03 bits per heavy atom. The van der Waals surface area contributed by atoms with Crippen LogP contribution in [0.2, 0.25) is 0 Å². The molecule has 0 aliphatic carbocycles. The van der Waals surface area contributed by atoms with Crippen molar-refractivity contribution in [2.45, 2.75) is 27.2 Å². The second-order valence-electron chi connectivity index (χ2n) is 8.66. The van der Waals surface area contributed by atoms with E-state index in [0.29, 0.717) is 23.3 Å². The lowest BCUT2D eigenvalue weighted by atomic mass is 10.1. The first-order chi connectivity index (χ1) is 17.4. The smallest absolute Gasteiger partial charge is 0.240 e. The van der Waals surface area contributed by atoms with Gasteiger partial charge in [-0.15, -0.1) is 0 Å². The quantitative estimate of drug-likeness (QED) is 0.454. The number of nitrogens with zero attached hydrogens (tertiary/aromatic N) is 6. The first-order valence-electron chi connectivity index (χ1n) is 11.9. The molecule has 4 rings (SSSR count). The Morgan fingerprint density at radius 1 is 1.28 bits per heavy atom. The van der Waals surface area contributed by atoms with Crippen LogP contribution in [0.25, 0.3) is 10.9 Å². The Balaban J connectivity index is 1.64. The molecule has 1 aliphatic heterocycles. The van der Waals surface area contributed by atoms with Crippen molar-refractivity contribution in [2.75, 3.05) is 32.7 Å². The van der Waals surface area contributed by atoms with Crippen LogP contribution in [-0.4, -0.2) is 63.0 Å². The highest BCUT2D eigenvalue weighted by Gasteiger charge is 2.22. The molecule has 9 heteroatoms. The lowest BCUT2D eigenvalue weighted by Crippen LogP contribution is -2.45. The number of nitriles is 1. The van der Waals surface area contributed by atoms with Gasteiger partial charge in [0.05, 0.1) is 11.2 Å². The van der Waals surface area contributed by atoms with Crippen molar-refractivity contribution in [2.24, 2.45) is 0 Å². The summed E-state index contributed by atoms with van der Waals surface area (Å²) in [6.07, 6.45) is 5.37. The molecule has 3 heterocycles. The number of fused-ring (bicyclic) bond motifs is 1. The van der Waals surface area contributed by atoms with E-state index in [1.807, 2.05) is 6.08 Å². The van der Waals surface area contributed by atoms with Gasteiger partial charge in [-0.25, -0.2) is 14.4 Å². The molecule has 8 nitrogen and oxygen atoms in total. The number of benzene rings is 1. The maximum absolute atomic E-state index is 15.4. The van der Waals surface area contributed by atoms with E-state index >= 15 is 4.39 Å². The minimum atomic E-state index is -0.624. The van der Waals surface area contributed by atoms with Gasteiger partial charge in [-0.3, -0.25) is 9.36 Å². The standard InChI is InChI=1S/C27H29FN6O2/c1-5-7-20(33-12-10-32(6-2)11-13-33)15-23-22(16-29)27(31-17-30-23)36-25-9-8-24-21(26(25)28)14-18(3)34(24)19(4)35/h5,7-9,14,17H,1,6,10-13,15H2,2-4H3/b20-7+. The van der Waals surface area contributed by atoms with Crippen LogP contribution >= 0.6 is 0 Å². The molecule has 1 aromatic carbocycles. The van der Waals surface area contributed by atoms with Crippen LogP contribution in [0, 0.1) is 24.1 Å². The van der Waals surface area contributed by atoms with Crippen LogP contribution in [0.3, 0.4) is 0 Å². The first kappa shape index (κ1) is 25.1. The average molecular weight is 489 g/mol. The number of carbonyl (C=O) groups excluding carboxylic acids is 1. The Bertz CT molecular complexity index is 1380. The third kappa shape index (κ3) is 4.86. The topological polar surface area (TPSA) is 87.3 Å². The molecule has 0 spiro atoms. The zero-order valence-corrected chi connectivity index (χ0v) is 20.8. The molecule has 0 bridgehead atoms. The lowest BCUT2D eigenvalue weighted by molar-refractivity contribution is 0.0939. The first-order valence-corrected chi connectivity index (χ1v) is 11.9. The predicted octanol–water partition coefficient (Wildman–Crippen LogP) is 4.45. The van der Waals surface area contributed by atoms with Crippen molar-refractivity contribution in [3.8, 4) is 17.7 Å². The number of piperazine rings is 1. The van der Waals surface area contributed by atoms with Gasteiger partial charge in [-0.05, 0) is 37.7 Å². The molecular weight excluding hydrogens is 459 g/mol. The van der Waals surface area contributed by atoms with Crippen LogP contribution in [-0.2, 0) is 6.42 Å². The van der Waals surface area contributed by atoms with E-state index in [4.69, 9.17) is 4.74 Å². The molecule has 0 saturated carbocycles. The molecular formula is C27H29FN6O2. The van der Waals surface area contributed by atoms with E-state index in [1.54, 1.807) is 25.1 Å². The number of halogens is 1.